The van der Waals surface area contributed by atoms with Crippen molar-refractivity contribution in [2.75, 3.05) is 30.3 Å². The van der Waals surface area contributed by atoms with Crippen molar-refractivity contribution in [3.63, 3.8) is 0 Å². The zero-order valence-electron chi connectivity index (χ0n) is 11.2. The van der Waals surface area contributed by atoms with E-state index in [0.29, 0.717) is 12.4 Å². The van der Waals surface area contributed by atoms with Gasteiger partial charge in [0.2, 0.25) is 0 Å². The molecule has 3 nitrogen and oxygen atoms in total. The van der Waals surface area contributed by atoms with Gasteiger partial charge in [-0.2, -0.15) is 0 Å². The van der Waals surface area contributed by atoms with Crippen molar-refractivity contribution in [2.24, 2.45) is 0 Å². The van der Waals surface area contributed by atoms with Gasteiger partial charge in [0, 0.05) is 17.9 Å². The normalized spacial score (nSPS) is 13.3. The molecule has 1 heterocycles. The van der Waals surface area contributed by atoms with Gasteiger partial charge in [0.1, 0.15) is 18.2 Å². The highest BCUT2D eigenvalue weighted by atomic mass is 19.1. The van der Waals surface area contributed by atoms with Crippen molar-refractivity contribution in [2.45, 2.75) is 6.42 Å². The van der Waals surface area contributed by atoms with Gasteiger partial charge in [-0.25, -0.2) is 4.39 Å². The van der Waals surface area contributed by atoms with Crippen molar-refractivity contribution >= 4 is 11.4 Å². The van der Waals surface area contributed by atoms with Gasteiger partial charge in [0.25, 0.3) is 0 Å². The lowest BCUT2D eigenvalue weighted by atomic mass is 10.1. The summed E-state index contributed by atoms with van der Waals surface area (Å²) < 4.78 is 18.4. The molecular formula is C16H17FN2O. The maximum atomic E-state index is 12.8. The molecule has 3 rings (SSSR count). The highest BCUT2D eigenvalue weighted by Crippen LogP contribution is 2.29. The summed E-state index contributed by atoms with van der Waals surface area (Å²) in [5.41, 5.74) is 9.16. The number of nitrogens with two attached hydrogens (primary N) is 1. The van der Waals surface area contributed by atoms with Crippen LogP contribution < -0.4 is 15.4 Å². The van der Waals surface area contributed by atoms with Crippen LogP contribution in [0.3, 0.4) is 0 Å². The maximum Gasteiger partial charge on any atom is 0.123 e. The van der Waals surface area contributed by atoms with Crippen molar-refractivity contribution in [1.82, 2.24) is 0 Å². The van der Waals surface area contributed by atoms with Crippen LogP contribution in [0.25, 0.3) is 0 Å². The molecule has 0 amide bonds. The summed E-state index contributed by atoms with van der Waals surface area (Å²) in [6, 6.07) is 12.1. The number of hydrogen-bond acceptors (Lipinski definition) is 3. The van der Waals surface area contributed by atoms with Crippen LogP contribution in [0.1, 0.15) is 5.56 Å². The largest absolute Gasteiger partial charge is 0.492 e. The van der Waals surface area contributed by atoms with Crippen LogP contribution in [0.15, 0.2) is 42.5 Å². The van der Waals surface area contributed by atoms with Gasteiger partial charge < -0.3 is 15.4 Å². The first-order chi connectivity index (χ1) is 9.72. The number of halogens is 1. The van der Waals surface area contributed by atoms with E-state index >= 15 is 0 Å². The van der Waals surface area contributed by atoms with E-state index in [1.807, 2.05) is 12.1 Å². The topological polar surface area (TPSA) is 38.5 Å². The maximum absolute atomic E-state index is 12.8. The number of anilines is 2. The van der Waals surface area contributed by atoms with Crippen LogP contribution in [0, 0.1) is 5.82 Å². The molecule has 0 bridgehead atoms. The van der Waals surface area contributed by atoms with Crippen LogP contribution in [0.4, 0.5) is 15.8 Å². The Morgan fingerprint density at radius 2 is 1.95 bits per heavy atom. The standard InChI is InChI=1S/C16H17FN2O/c17-13-2-5-15(6-3-13)20-10-9-19-8-7-12-1-4-14(18)11-16(12)19/h1-6,11H,7-10,18H2. The highest BCUT2D eigenvalue weighted by molar-refractivity contribution is 5.64. The Balaban J connectivity index is 1.58. The van der Waals surface area contributed by atoms with Crippen LogP contribution in [-0.2, 0) is 6.42 Å². The molecule has 0 aliphatic carbocycles. The molecule has 0 saturated heterocycles. The van der Waals surface area contributed by atoms with Crippen LogP contribution in [0.2, 0.25) is 0 Å². The Morgan fingerprint density at radius 1 is 1.15 bits per heavy atom. The molecule has 1 aliphatic heterocycles. The minimum absolute atomic E-state index is 0.249. The van der Waals surface area contributed by atoms with Crippen LogP contribution in [0.5, 0.6) is 5.75 Å². The minimum atomic E-state index is -0.249. The van der Waals surface area contributed by atoms with Crippen LogP contribution in [-0.4, -0.2) is 19.7 Å². The van der Waals surface area contributed by atoms with E-state index in [1.165, 1.54) is 23.4 Å². The lowest BCUT2D eigenvalue weighted by Crippen LogP contribution is -2.26. The average Bonchev–Trinajstić information content (AvgIpc) is 2.84. The molecule has 2 aromatic rings. The SMILES string of the molecule is Nc1ccc2c(c1)N(CCOc1ccc(F)cc1)CC2. The summed E-state index contributed by atoms with van der Waals surface area (Å²) in [5, 5.41) is 0. The van der Waals surface area contributed by atoms with Crippen molar-refractivity contribution in [3.8, 4) is 5.75 Å². The molecule has 0 spiro atoms. The van der Waals surface area contributed by atoms with E-state index in [2.05, 4.69) is 11.0 Å². The Hall–Kier alpha value is -2.23. The van der Waals surface area contributed by atoms with Crippen molar-refractivity contribution < 1.29 is 9.13 Å². The fourth-order valence-electron chi connectivity index (χ4n) is 2.50. The summed E-state index contributed by atoms with van der Waals surface area (Å²) in [4.78, 5) is 2.27. The molecule has 0 radical (unpaired) electrons. The Bertz CT molecular complexity index is 598. The third-order valence-corrected chi connectivity index (χ3v) is 3.54. The van der Waals surface area contributed by atoms with Gasteiger partial charge in [-0.3, -0.25) is 0 Å². The summed E-state index contributed by atoms with van der Waals surface area (Å²) in [6.07, 6.45) is 1.05. The Morgan fingerprint density at radius 3 is 2.75 bits per heavy atom. The second kappa shape index (κ2) is 5.41. The van der Waals surface area contributed by atoms with Gasteiger partial charge >= 0.3 is 0 Å². The molecule has 2 N–H and O–H groups in total. The Kier molecular flexibility index (Phi) is 3.46. The molecule has 20 heavy (non-hydrogen) atoms. The predicted octanol–water partition coefficient (Wildman–Crippen LogP) is 2.85. The van der Waals surface area contributed by atoms with E-state index < -0.39 is 0 Å². The summed E-state index contributed by atoms with van der Waals surface area (Å²) >= 11 is 0. The first-order valence-corrected chi connectivity index (χ1v) is 6.74. The minimum Gasteiger partial charge on any atom is -0.492 e. The van der Waals surface area contributed by atoms with Gasteiger partial charge in [0.05, 0.1) is 6.54 Å². The van der Waals surface area contributed by atoms with E-state index in [0.717, 1.165) is 25.2 Å². The number of rotatable bonds is 4. The molecule has 0 aromatic heterocycles. The number of benzene rings is 2. The number of nitrogen functional groups attached to an aromatic ring is 1. The lowest BCUT2D eigenvalue weighted by Gasteiger charge is -2.19. The van der Waals surface area contributed by atoms with Gasteiger partial charge in [0.15, 0.2) is 0 Å². The third kappa shape index (κ3) is 2.69. The molecule has 0 unspecified atom stereocenters. The molecule has 104 valence electrons. The number of nitrogens with zero attached hydrogens (tertiary/aromatic N) is 1. The molecule has 1 aliphatic rings. The lowest BCUT2D eigenvalue weighted by molar-refractivity contribution is 0.324. The van der Waals surface area contributed by atoms with E-state index in [-0.39, 0.29) is 5.82 Å². The van der Waals surface area contributed by atoms with E-state index in [1.54, 1.807) is 12.1 Å². The van der Waals surface area contributed by atoms with Crippen molar-refractivity contribution in [3.05, 3.63) is 53.8 Å². The average molecular weight is 272 g/mol. The fourth-order valence-corrected chi connectivity index (χ4v) is 2.50. The van der Waals surface area contributed by atoms with E-state index in [9.17, 15) is 4.39 Å². The second-order valence-corrected chi connectivity index (χ2v) is 4.93. The second-order valence-electron chi connectivity index (χ2n) is 4.93. The van der Waals surface area contributed by atoms with Gasteiger partial charge in [-0.15, -0.1) is 0 Å². The smallest absolute Gasteiger partial charge is 0.123 e. The first kappa shape index (κ1) is 12.8. The Labute approximate surface area is 117 Å². The summed E-state index contributed by atoms with van der Waals surface area (Å²) in [6.45, 7) is 2.36. The third-order valence-electron chi connectivity index (χ3n) is 3.54. The highest BCUT2D eigenvalue weighted by Gasteiger charge is 2.18. The monoisotopic (exact) mass is 272 g/mol. The molecular weight excluding hydrogens is 255 g/mol. The first-order valence-electron chi connectivity index (χ1n) is 6.74. The quantitative estimate of drug-likeness (QED) is 0.870. The summed E-state index contributed by atoms with van der Waals surface area (Å²) in [5.74, 6) is 0.444. The number of hydrogen-bond donors (Lipinski definition) is 1. The van der Waals surface area contributed by atoms with Gasteiger partial charge in [-0.05, 0) is 48.4 Å². The molecule has 2 aromatic carbocycles. The van der Waals surface area contributed by atoms with Crippen LogP contribution >= 0.6 is 0 Å². The zero-order chi connectivity index (χ0) is 13.9. The number of ether oxygens (including phenoxy) is 1. The molecule has 4 heteroatoms. The molecule has 0 fully saturated rings. The fraction of sp³-hybridized carbons (Fsp3) is 0.250. The molecule has 0 saturated carbocycles. The van der Waals surface area contributed by atoms with Gasteiger partial charge in [-0.1, -0.05) is 6.07 Å². The zero-order valence-corrected chi connectivity index (χ0v) is 11.2. The van der Waals surface area contributed by atoms with Crippen molar-refractivity contribution in [1.29, 1.82) is 0 Å². The van der Waals surface area contributed by atoms with E-state index in [4.69, 9.17) is 10.5 Å². The predicted molar refractivity (Wildman–Crippen MR) is 78.7 cm³/mol. The number of fused-ring (bicyclic) bond motifs is 1. The molecule has 0 atom stereocenters. The summed E-state index contributed by atoms with van der Waals surface area (Å²) in [7, 11) is 0.